The minimum Gasteiger partial charge on any atom is -1.00 e. The Kier molecular flexibility index (Phi) is 31.0. The van der Waals surface area contributed by atoms with Crippen LogP contribution in [0.3, 0.4) is 0 Å². The van der Waals surface area contributed by atoms with E-state index in [2.05, 4.69) is 12.8 Å². The SMILES string of the molecule is [Br-].[C-]#CCCCC.[Zn+2]. The van der Waals surface area contributed by atoms with Gasteiger partial charge in [-0.05, 0) is 12.8 Å². The molecule has 0 rings (SSSR count). The third-order valence-electron chi connectivity index (χ3n) is 0.655. The Labute approximate surface area is 75.0 Å². The maximum Gasteiger partial charge on any atom is 2.00 e. The number of halogens is 1. The predicted molar refractivity (Wildman–Crippen MR) is 26.7 cm³/mol. The van der Waals surface area contributed by atoms with Gasteiger partial charge in [0.1, 0.15) is 0 Å². The van der Waals surface area contributed by atoms with Crippen molar-refractivity contribution in [1.82, 2.24) is 0 Å². The maximum atomic E-state index is 6.46. The Morgan fingerprint density at radius 3 is 2.12 bits per heavy atom. The Balaban J connectivity index is -0.000000125. The van der Waals surface area contributed by atoms with E-state index in [4.69, 9.17) is 6.42 Å². The van der Waals surface area contributed by atoms with Gasteiger partial charge >= 0.3 is 19.5 Å². The monoisotopic (exact) mass is 224 g/mol. The molecule has 8 heavy (non-hydrogen) atoms. The number of rotatable bonds is 2. The zero-order chi connectivity index (χ0) is 4.83. The van der Waals surface area contributed by atoms with E-state index in [0.29, 0.717) is 0 Å². The minimum atomic E-state index is 0. The fourth-order valence-corrected chi connectivity index (χ4v) is 0.265. The summed E-state index contributed by atoms with van der Waals surface area (Å²) in [7, 11) is 0. The Morgan fingerprint density at radius 1 is 1.50 bits per heavy atom. The van der Waals surface area contributed by atoms with Crippen LogP contribution < -0.4 is 17.0 Å². The van der Waals surface area contributed by atoms with Gasteiger partial charge in [0.2, 0.25) is 0 Å². The van der Waals surface area contributed by atoms with Gasteiger partial charge in [-0.15, -0.1) is 0 Å². The molecule has 0 aliphatic rings. The van der Waals surface area contributed by atoms with Gasteiger partial charge in [-0.25, -0.2) is 0 Å². The van der Waals surface area contributed by atoms with Gasteiger partial charge in [0, 0.05) is 0 Å². The van der Waals surface area contributed by atoms with Crippen LogP contribution >= 0.6 is 0 Å². The summed E-state index contributed by atoms with van der Waals surface area (Å²) >= 11 is 0. The van der Waals surface area contributed by atoms with Crippen LogP contribution in [0.1, 0.15) is 26.2 Å². The molecule has 0 aromatic heterocycles. The van der Waals surface area contributed by atoms with E-state index in [9.17, 15) is 0 Å². The van der Waals surface area contributed by atoms with E-state index >= 15 is 0 Å². The summed E-state index contributed by atoms with van der Waals surface area (Å²) in [4.78, 5) is 0. The van der Waals surface area contributed by atoms with Crippen molar-refractivity contribution in [3.8, 4) is 5.92 Å². The molecule has 0 spiro atoms. The molecule has 0 unspecified atom stereocenters. The molecule has 0 atom stereocenters. The summed E-state index contributed by atoms with van der Waals surface area (Å²) < 4.78 is 0. The summed E-state index contributed by atoms with van der Waals surface area (Å²) in [6.07, 6.45) is 9.57. The molecule has 0 saturated carbocycles. The molecule has 0 heterocycles. The smallest absolute Gasteiger partial charge is 1.00 e. The predicted octanol–water partition coefficient (Wildman–Crippen LogP) is -1.23. The maximum absolute atomic E-state index is 6.46. The van der Waals surface area contributed by atoms with Crippen LogP contribution in [0.2, 0.25) is 0 Å². The summed E-state index contributed by atoms with van der Waals surface area (Å²) in [5, 5.41) is 0. The third-order valence-corrected chi connectivity index (χ3v) is 0.655. The molecule has 0 fully saturated rings. The molecular formula is C6H9BrZn. The fourth-order valence-electron chi connectivity index (χ4n) is 0.265. The van der Waals surface area contributed by atoms with Gasteiger partial charge < -0.3 is 29.3 Å². The van der Waals surface area contributed by atoms with E-state index in [0.717, 1.165) is 12.8 Å². The number of hydrogen-bond donors (Lipinski definition) is 0. The van der Waals surface area contributed by atoms with Crippen LogP contribution in [0.4, 0.5) is 0 Å². The molecule has 0 aliphatic carbocycles. The molecule has 0 aliphatic heterocycles. The van der Waals surface area contributed by atoms with Gasteiger partial charge in [0.15, 0.2) is 0 Å². The molecule has 0 aromatic carbocycles. The molecule has 0 amide bonds. The fraction of sp³-hybridized carbons (Fsp3) is 0.667. The van der Waals surface area contributed by atoms with Crippen LogP contribution in [0.5, 0.6) is 0 Å². The van der Waals surface area contributed by atoms with Gasteiger partial charge in [0.05, 0.1) is 0 Å². The topological polar surface area (TPSA) is 0 Å². The van der Waals surface area contributed by atoms with Gasteiger partial charge in [-0.3, -0.25) is 0 Å². The van der Waals surface area contributed by atoms with Crippen molar-refractivity contribution < 1.29 is 36.5 Å². The third kappa shape index (κ3) is 15.9. The molecule has 0 saturated heterocycles. The van der Waals surface area contributed by atoms with Crippen molar-refractivity contribution in [3.05, 3.63) is 6.42 Å². The van der Waals surface area contributed by atoms with Crippen molar-refractivity contribution in [2.24, 2.45) is 0 Å². The second-order valence-electron chi connectivity index (χ2n) is 1.28. The quantitative estimate of drug-likeness (QED) is 0.239. The first-order valence-corrected chi connectivity index (χ1v) is 2.31. The number of hydrogen-bond acceptors (Lipinski definition) is 0. The van der Waals surface area contributed by atoms with Crippen molar-refractivity contribution >= 4 is 0 Å². The molecule has 0 aromatic rings. The molecule has 0 nitrogen and oxygen atoms in total. The average molecular weight is 226 g/mol. The first kappa shape index (κ1) is 15.9. The van der Waals surface area contributed by atoms with E-state index in [1.54, 1.807) is 0 Å². The molecule has 0 radical (unpaired) electrons. The van der Waals surface area contributed by atoms with Crippen molar-refractivity contribution in [3.63, 3.8) is 0 Å². The normalized spacial score (nSPS) is 5.50. The summed E-state index contributed by atoms with van der Waals surface area (Å²) in [6, 6.07) is 0. The van der Waals surface area contributed by atoms with E-state index in [1.165, 1.54) is 6.42 Å². The molecule has 0 N–H and O–H groups in total. The minimum absolute atomic E-state index is 0. The van der Waals surface area contributed by atoms with E-state index < -0.39 is 0 Å². The summed E-state index contributed by atoms with van der Waals surface area (Å²) in [6.45, 7) is 2.11. The van der Waals surface area contributed by atoms with Gasteiger partial charge in [-0.1, -0.05) is 13.3 Å². The van der Waals surface area contributed by atoms with Crippen LogP contribution in [0.15, 0.2) is 0 Å². The summed E-state index contributed by atoms with van der Waals surface area (Å²) in [5.41, 5.74) is 0. The van der Waals surface area contributed by atoms with E-state index in [1.807, 2.05) is 0 Å². The van der Waals surface area contributed by atoms with Crippen molar-refractivity contribution in [2.45, 2.75) is 26.2 Å². The van der Waals surface area contributed by atoms with Crippen LogP contribution in [-0.2, 0) is 19.5 Å². The Hall–Kier alpha value is 0.663. The molecule has 0 bridgehead atoms. The van der Waals surface area contributed by atoms with Crippen LogP contribution in [0.25, 0.3) is 0 Å². The Morgan fingerprint density at radius 2 is 2.00 bits per heavy atom. The van der Waals surface area contributed by atoms with E-state index in [-0.39, 0.29) is 36.5 Å². The zero-order valence-corrected chi connectivity index (χ0v) is 9.76. The second kappa shape index (κ2) is 15.6. The van der Waals surface area contributed by atoms with Crippen molar-refractivity contribution in [2.75, 3.05) is 0 Å². The number of unbranched alkanes of at least 4 members (excludes halogenated alkanes) is 2. The van der Waals surface area contributed by atoms with Gasteiger partial charge in [-0.2, -0.15) is 0 Å². The van der Waals surface area contributed by atoms with Crippen LogP contribution in [-0.4, -0.2) is 0 Å². The molecule has 42 valence electrons. The standard InChI is InChI=1S/C6H9.BrH.Zn/c1-3-5-6-4-2;;/h3,5-6H2,1H3;1H;/q-1;;+2/p-1. The summed E-state index contributed by atoms with van der Waals surface area (Å²) in [5.74, 6) is 2.32. The second-order valence-corrected chi connectivity index (χ2v) is 1.28. The largest absolute Gasteiger partial charge is 2.00 e. The molecule has 2 heteroatoms. The van der Waals surface area contributed by atoms with Gasteiger partial charge in [0.25, 0.3) is 0 Å². The zero-order valence-electron chi connectivity index (χ0n) is 5.21. The average Bonchev–Trinajstić information content (AvgIpc) is 1.61. The van der Waals surface area contributed by atoms with Crippen LogP contribution in [0, 0.1) is 12.3 Å². The first-order valence-electron chi connectivity index (χ1n) is 2.31. The Bertz CT molecular complexity index is 56.0. The first-order chi connectivity index (χ1) is 2.91. The molecular weight excluding hydrogens is 217 g/mol. The van der Waals surface area contributed by atoms with Crippen molar-refractivity contribution in [1.29, 1.82) is 0 Å².